The van der Waals surface area contributed by atoms with Crippen molar-refractivity contribution in [3.63, 3.8) is 0 Å². The third-order valence-electron chi connectivity index (χ3n) is 5.41. The summed E-state index contributed by atoms with van der Waals surface area (Å²) in [6.45, 7) is 3.24. The second-order valence-electron chi connectivity index (χ2n) is 6.63. The number of amides is 2. The fourth-order valence-electron chi connectivity index (χ4n) is 3.77. The van der Waals surface area contributed by atoms with Crippen LogP contribution in [0.1, 0.15) is 44.9 Å². The van der Waals surface area contributed by atoms with Gasteiger partial charge in [0.15, 0.2) is 0 Å². The van der Waals surface area contributed by atoms with Gasteiger partial charge in [0.25, 0.3) is 0 Å². The third kappa shape index (κ3) is 2.86. The van der Waals surface area contributed by atoms with E-state index in [0.29, 0.717) is 32.0 Å². The monoisotopic (exact) mass is 295 g/mol. The van der Waals surface area contributed by atoms with Gasteiger partial charge in [-0.3, -0.25) is 4.90 Å². The maximum absolute atomic E-state index is 12.3. The van der Waals surface area contributed by atoms with Crippen molar-refractivity contribution in [2.24, 2.45) is 0 Å². The molecule has 2 saturated carbocycles. The molecule has 3 rings (SSSR count). The lowest BCUT2D eigenvalue weighted by molar-refractivity contribution is -0.148. The highest BCUT2D eigenvalue weighted by atomic mass is 16.4. The summed E-state index contributed by atoms with van der Waals surface area (Å²) >= 11 is 0. The topological polar surface area (TPSA) is 72.9 Å². The highest BCUT2D eigenvalue weighted by molar-refractivity contribution is 5.87. The first-order valence-electron chi connectivity index (χ1n) is 8.15. The van der Waals surface area contributed by atoms with E-state index >= 15 is 0 Å². The standard InChI is InChI=1S/C15H25N3O3/c19-13(20)15(6-3-7-15)16-14(21)18-10-8-17(9-11-18)12-4-1-2-5-12/h12H,1-11H2,(H,16,21)(H,19,20). The summed E-state index contributed by atoms with van der Waals surface area (Å²) in [4.78, 5) is 27.8. The molecule has 6 heteroatoms. The maximum Gasteiger partial charge on any atom is 0.329 e. The Hall–Kier alpha value is -1.30. The highest BCUT2D eigenvalue weighted by Crippen LogP contribution is 2.32. The van der Waals surface area contributed by atoms with Crippen LogP contribution in [0.2, 0.25) is 0 Å². The lowest BCUT2D eigenvalue weighted by Crippen LogP contribution is -2.63. The summed E-state index contributed by atoms with van der Waals surface area (Å²) in [7, 11) is 0. The van der Waals surface area contributed by atoms with Crippen molar-refractivity contribution in [1.82, 2.24) is 15.1 Å². The molecule has 0 unspecified atom stereocenters. The largest absolute Gasteiger partial charge is 0.480 e. The van der Waals surface area contributed by atoms with E-state index in [2.05, 4.69) is 10.2 Å². The smallest absolute Gasteiger partial charge is 0.329 e. The van der Waals surface area contributed by atoms with Crippen molar-refractivity contribution >= 4 is 12.0 Å². The van der Waals surface area contributed by atoms with Gasteiger partial charge in [-0.05, 0) is 32.1 Å². The SMILES string of the molecule is O=C(NC1(C(=O)O)CCC1)N1CCN(C2CCCC2)CC1. The molecule has 1 aliphatic heterocycles. The molecule has 0 aromatic rings. The average molecular weight is 295 g/mol. The van der Waals surface area contributed by atoms with Crippen LogP contribution in [-0.4, -0.2) is 64.7 Å². The minimum absolute atomic E-state index is 0.205. The summed E-state index contributed by atoms with van der Waals surface area (Å²) in [6, 6.07) is 0.496. The minimum atomic E-state index is -1.00. The van der Waals surface area contributed by atoms with Crippen LogP contribution >= 0.6 is 0 Å². The summed E-state index contributed by atoms with van der Waals surface area (Å²) < 4.78 is 0. The molecule has 21 heavy (non-hydrogen) atoms. The quantitative estimate of drug-likeness (QED) is 0.822. The second kappa shape index (κ2) is 5.83. The molecular formula is C15H25N3O3. The Balaban J connectivity index is 1.49. The van der Waals surface area contributed by atoms with Crippen LogP contribution < -0.4 is 5.32 Å². The first-order chi connectivity index (χ1) is 10.1. The Morgan fingerprint density at radius 1 is 1.00 bits per heavy atom. The summed E-state index contributed by atoms with van der Waals surface area (Å²) in [5, 5.41) is 12.0. The number of carbonyl (C=O) groups is 2. The molecule has 2 amide bonds. The number of carboxylic acids is 1. The van der Waals surface area contributed by atoms with Gasteiger partial charge in [-0.1, -0.05) is 12.8 Å². The van der Waals surface area contributed by atoms with E-state index in [1.54, 1.807) is 4.90 Å². The molecule has 2 aliphatic carbocycles. The first kappa shape index (κ1) is 14.6. The number of piperazine rings is 1. The molecule has 0 spiro atoms. The van der Waals surface area contributed by atoms with Crippen molar-refractivity contribution in [1.29, 1.82) is 0 Å². The molecule has 3 fully saturated rings. The van der Waals surface area contributed by atoms with E-state index in [1.165, 1.54) is 25.7 Å². The lowest BCUT2D eigenvalue weighted by Gasteiger charge is -2.42. The Labute approximate surface area is 125 Å². The van der Waals surface area contributed by atoms with Gasteiger partial charge in [0.1, 0.15) is 5.54 Å². The van der Waals surface area contributed by atoms with Crippen LogP contribution in [0.15, 0.2) is 0 Å². The van der Waals surface area contributed by atoms with Crippen LogP contribution in [0.5, 0.6) is 0 Å². The van der Waals surface area contributed by atoms with Gasteiger partial charge in [0.2, 0.25) is 0 Å². The number of hydrogen-bond donors (Lipinski definition) is 2. The van der Waals surface area contributed by atoms with Crippen LogP contribution in [0.3, 0.4) is 0 Å². The van der Waals surface area contributed by atoms with E-state index < -0.39 is 11.5 Å². The number of nitrogens with zero attached hydrogens (tertiary/aromatic N) is 2. The molecule has 0 atom stereocenters. The zero-order valence-corrected chi connectivity index (χ0v) is 12.5. The van der Waals surface area contributed by atoms with E-state index in [0.717, 1.165) is 19.5 Å². The Morgan fingerprint density at radius 2 is 1.62 bits per heavy atom. The number of hydrogen-bond acceptors (Lipinski definition) is 3. The molecule has 118 valence electrons. The van der Waals surface area contributed by atoms with Crippen LogP contribution in [0.25, 0.3) is 0 Å². The normalized spacial score (nSPS) is 26.4. The molecule has 0 bridgehead atoms. The van der Waals surface area contributed by atoms with Crippen molar-refractivity contribution in [3.8, 4) is 0 Å². The molecule has 3 aliphatic rings. The molecule has 1 saturated heterocycles. The number of nitrogens with one attached hydrogen (secondary N) is 1. The van der Waals surface area contributed by atoms with Crippen LogP contribution in [0, 0.1) is 0 Å². The number of rotatable bonds is 3. The minimum Gasteiger partial charge on any atom is -0.480 e. The van der Waals surface area contributed by atoms with Crippen LogP contribution in [-0.2, 0) is 4.79 Å². The fraction of sp³-hybridized carbons (Fsp3) is 0.867. The second-order valence-corrected chi connectivity index (χ2v) is 6.63. The van der Waals surface area contributed by atoms with E-state index in [4.69, 9.17) is 0 Å². The predicted molar refractivity (Wildman–Crippen MR) is 78.2 cm³/mol. The number of carboxylic acid groups (broad SMARTS) is 1. The van der Waals surface area contributed by atoms with E-state index in [-0.39, 0.29) is 6.03 Å². The summed E-state index contributed by atoms with van der Waals surface area (Å²) in [5.41, 5.74) is -1.00. The van der Waals surface area contributed by atoms with E-state index in [9.17, 15) is 14.7 Å². The van der Waals surface area contributed by atoms with Gasteiger partial charge in [-0.15, -0.1) is 0 Å². The fourth-order valence-corrected chi connectivity index (χ4v) is 3.77. The highest BCUT2D eigenvalue weighted by Gasteiger charge is 2.46. The van der Waals surface area contributed by atoms with Crippen molar-refractivity contribution in [3.05, 3.63) is 0 Å². The molecule has 0 radical (unpaired) electrons. The Bertz CT molecular complexity index is 408. The first-order valence-corrected chi connectivity index (χ1v) is 8.15. The number of urea groups is 1. The molecule has 0 aromatic heterocycles. The van der Waals surface area contributed by atoms with Gasteiger partial charge in [0, 0.05) is 32.2 Å². The summed E-state index contributed by atoms with van der Waals surface area (Å²) in [5.74, 6) is -0.897. The van der Waals surface area contributed by atoms with Gasteiger partial charge in [-0.25, -0.2) is 9.59 Å². The zero-order chi connectivity index (χ0) is 14.9. The number of aliphatic carboxylic acids is 1. The maximum atomic E-state index is 12.3. The predicted octanol–water partition coefficient (Wildman–Crippen LogP) is 1.26. The molecule has 2 N–H and O–H groups in total. The van der Waals surface area contributed by atoms with Gasteiger partial charge >= 0.3 is 12.0 Å². The molecule has 6 nitrogen and oxygen atoms in total. The zero-order valence-electron chi connectivity index (χ0n) is 12.5. The molecule has 0 aromatic carbocycles. The van der Waals surface area contributed by atoms with Crippen LogP contribution in [0.4, 0.5) is 4.79 Å². The molecular weight excluding hydrogens is 270 g/mol. The van der Waals surface area contributed by atoms with Crippen molar-refractivity contribution in [2.45, 2.75) is 56.5 Å². The van der Waals surface area contributed by atoms with Gasteiger partial charge in [-0.2, -0.15) is 0 Å². The van der Waals surface area contributed by atoms with Crippen molar-refractivity contribution < 1.29 is 14.7 Å². The average Bonchev–Trinajstić information content (AvgIpc) is 2.96. The van der Waals surface area contributed by atoms with Gasteiger partial charge < -0.3 is 15.3 Å². The number of carbonyl (C=O) groups excluding carboxylic acids is 1. The summed E-state index contributed by atoms with van der Waals surface area (Å²) in [6.07, 6.45) is 7.20. The third-order valence-corrected chi connectivity index (χ3v) is 5.41. The Morgan fingerprint density at radius 3 is 2.10 bits per heavy atom. The van der Waals surface area contributed by atoms with Gasteiger partial charge in [0.05, 0.1) is 0 Å². The van der Waals surface area contributed by atoms with Crippen molar-refractivity contribution in [2.75, 3.05) is 26.2 Å². The van der Waals surface area contributed by atoms with E-state index in [1.807, 2.05) is 0 Å². The lowest BCUT2D eigenvalue weighted by atomic mass is 9.77. The Kier molecular flexibility index (Phi) is 4.06. The molecule has 1 heterocycles.